The standard InChI is InChI=1S/C36H50N8O10/c1-18(2)28(34(52)39-17-26(38)46)43-35(53)29(19(3)4)42-33(51)25(16-27(47)48)41-36(54)30(22-9-7-6-8-10-22)44-31(49)20(5)40-32(50)24(37)15-21-11-13-23(45)14-12-21/h6-14,18-20,24-25,28-30,45H,15-17,37H2,1-5H3,(H2,38,46)(H,39,52)(H,40,50)(H,41,54)(H,42,51)(H,43,53)(H,44,49)(H,47,48)/t20-,24+,25+,28+,29+,30+/m1/s1. The summed E-state index contributed by atoms with van der Waals surface area (Å²) in [4.78, 5) is 102. The van der Waals surface area contributed by atoms with E-state index < -0.39 is 108 Å². The Morgan fingerprint density at radius 1 is 0.648 bits per heavy atom. The molecular formula is C36H50N8O10. The van der Waals surface area contributed by atoms with Crippen LogP contribution in [0.4, 0.5) is 0 Å². The first-order valence-electron chi connectivity index (χ1n) is 17.2. The van der Waals surface area contributed by atoms with Gasteiger partial charge in [0.1, 0.15) is 36.0 Å². The van der Waals surface area contributed by atoms with Gasteiger partial charge in [-0.2, -0.15) is 0 Å². The first kappa shape index (κ1) is 44.1. The zero-order chi connectivity index (χ0) is 40.7. The van der Waals surface area contributed by atoms with Gasteiger partial charge in [0, 0.05) is 0 Å². The minimum atomic E-state index is -1.73. The van der Waals surface area contributed by atoms with Crippen LogP contribution in [0, 0.1) is 11.8 Å². The molecule has 18 heteroatoms. The van der Waals surface area contributed by atoms with Crippen molar-refractivity contribution in [1.29, 1.82) is 0 Å². The van der Waals surface area contributed by atoms with E-state index in [1.165, 1.54) is 31.2 Å². The zero-order valence-electron chi connectivity index (χ0n) is 30.8. The minimum Gasteiger partial charge on any atom is -0.508 e. The number of phenols is 1. The van der Waals surface area contributed by atoms with Crippen LogP contribution in [-0.4, -0.2) is 94.3 Å². The Morgan fingerprint density at radius 3 is 1.74 bits per heavy atom. The van der Waals surface area contributed by atoms with Gasteiger partial charge >= 0.3 is 5.97 Å². The number of nitrogens with two attached hydrogens (primary N) is 2. The third kappa shape index (κ3) is 14.2. The summed E-state index contributed by atoms with van der Waals surface area (Å²) in [6.45, 7) is 7.36. The number of carbonyl (C=O) groups excluding carboxylic acids is 7. The number of amides is 7. The summed E-state index contributed by atoms with van der Waals surface area (Å²) in [6.07, 6.45) is -0.804. The largest absolute Gasteiger partial charge is 0.508 e. The molecule has 2 aromatic carbocycles. The zero-order valence-corrected chi connectivity index (χ0v) is 30.8. The number of carboxylic acid groups (broad SMARTS) is 1. The molecule has 12 N–H and O–H groups in total. The predicted molar refractivity (Wildman–Crippen MR) is 195 cm³/mol. The lowest BCUT2D eigenvalue weighted by molar-refractivity contribution is -0.141. The van der Waals surface area contributed by atoms with Crippen molar-refractivity contribution in [1.82, 2.24) is 31.9 Å². The quantitative estimate of drug-likeness (QED) is 0.0739. The molecule has 0 aliphatic heterocycles. The molecule has 294 valence electrons. The van der Waals surface area contributed by atoms with Gasteiger partial charge in [-0.25, -0.2) is 0 Å². The van der Waals surface area contributed by atoms with Crippen molar-refractivity contribution in [2.24, 2.45) is 23.3 Å². The summed E-state index contributed by atoms with van der Waals surface area (Å²) in [5.41, 5.74) is 12.0. The monoisotopic (exact) mass is 754 g/mol. The van der Waals surface area contributed by atoms with Crippen LogP contribution >= 0.6 is 0 Å². The number of benzene rings is 2. The van der Waals surface area contributed by atoms with Gasteiger partial charge in [0.2, 0.25) is 41.4 Å². The number of carbonyl (C=O) groups is 8. The number of carboxylic acids is 1. The Labute approximate surface area is 312 Å². The van der Waals surface area contributed by atoms with Crippen LogP contribution < -0.4 is 43.4 Å². The molecule has 0 saturated heterocycles. The van der Waals surface area contributed by atoms with Crippen LogP contribution in [0.3, 0.4) is 0 Å². The third-order valence-corrected chi connectivity index (χ3v) is 8.10. The number of hydrogen-bond acceptors (Lipinski definition) is 10. The van der Waals surface area contributed by atoms with E-state index in [0.717, 1.165) is 0 Å². The summed E-state index contributed by atoms with van der Waals surface area (Å²) in [7, 11) is 0. The number of phenolic OH excluding ortho intramolecular Hbond substituents is 1. The molecule has 0 fully saturated rings. The van der Waals surface area contributed by atoms with Crippen molar-refractivity contribution in [3.05, 3.63) is 65.7 Å². The van der Waals surface area contributed by atoms with Crippen LogP contribution in [0.25, 0.3) is 0 Å². The summed E-state index contributed by atoms with van der Waals surface area (Å²) in [5, 5.41) is 33.8. The van der Waals surface area contributed by atoms with Crippen LogP contribution in [0.5, 0.6) is 5.75 Å². The van der Waals surface area contributed by atoms with E-state index in [1.807, 2.05) is 0 Å². The van der Waals surface area contributed by atoms with Crippen molar-refractivity contribution in [3.63, 3.8) is 0 Å². The summed E-state index contributed by atoms with van der Waals surface area (Å²) in [6, 6.07) is 6.04. The highest BCUT2D eigenvalue weighted by Gasteiger charge is 2.35. The lowest BCUT2D eigenvalue weighted by Crippen LogP contribution is -2.60. The Balaban J connectivity index is 2.23. The fourth-order valence-corrected chi connectivity index (χ4v) is 5.07. The van der Waals surface area contributed by atoms with Gasteiger partial charge < -0.3 is 53.6 Å². The van der Waals surface area contributed by atoms with Gasteiger partial charge in [-0.3, -0.25) is 38.4 Å². The summed E-state index contributed by atoms with van der Waals surface area (Å²) >= 11 is 0. The molecule has 7 amide bonds. The summed E-state index contributed by atoms with van der Waals surface area (Å²) < 4.78 is 0. The van der Waals surface area contributed by atoms with Gasteiger partial charge in [0.15, 0.2) is 0 Å². The Kier molecular flexibility index (Phi) is 17.0. The predicted octanol–water partition coefficient (Wildman–Crippen LogP) is -1.53. The van der Waals surface area contributed by atoms with Crippen LogP contribution in [0.15, 0.2) is 54.6 Å². The number of nitrogens with one attached hydrogen (secondary N) is 6. The molecule has 6 atom stereocenters. The second-order valence-corrected chi connectivity index (χ2v) is 13.4. The smallest absolute Gasteiger partial charge is 0.305 e. The van der Waals surface area contributed by atoms with Crippen molar-refractivity contribution < 1.29 is 48.6 Å². The van der Waals surface area contributed by atoms with E-state index in [4.69, 9.17) is 11.5 Å². The normalized spacial score (nSPS) is 14.3. The molecule has 0 aliphatic rings. The number of aromatic hydroxyl groups is 1. The number of rotatable bonds is 20. The lowest BCUT2D eigenvalue weighted by Gasteiger charge is -2.29. The Hall–Kier alpha value is -6.04. The second kappa shape index (κ2) is 20.9. The van der Waals surface area contributed by atoms with Crippen molar-refractivity contribution in [3.8, 4) is 5.75 Å². The Morgan fingerprint density at radius 2 is 1.20 bits per heavy atom. The van der Waals surface area contributed by atoms with Gasteiger partial charge in [0.25, 0.3) is 0 Å². The van der Waals surface area contributed by atoms with Crippen LogP contribution in [0.1, 0.15) is 58.2 Å². The molecule has 0 unspecified atom stereocenters. The molecule has 0 aromatic heterocycles. The molecule has 0 bridgehead atoms. The lowest BCUT2D eigenvalue weighted by atomic mass is 9.99. The van der Waals surface area contributed by atoms with Crippen molar-refractivity contribution in [2.45, 2.75) is 83.7 Å². The molecule has 0 saturated carbocycles. The second-order valence-electron chi connectivity index (χ2n) is 13.4. The maximum atomic E-state index is 13.7. The van der Waals surface area contributed by atoms with E-state index in [1.54, 1.807) is 58.0 Å². The number of hydrogen-bond donors (Lipinski definition) is 10. The van der Waals surface area contributed by atoms with E-state index in [9.17, 15) is 48.6 Å². The van der Waals surface area contributed by atoms with Crippen molar-refractivity contribution >= 4 is 47.3 Å². The molecule has 0 aliphatic carbocycles. The average Bonchev–Trinajstić information content (AvgIpc) is 3.10. The van der Waals surface area contributed by atoms with E-state index in [2.05, 4.69) is 31.9 Å². The van der Waals surface area contributed by atoms with Gasteiger partial charge in [-0.15, -0.1) is 0 Å². The molecule has 2 aromatic rings. The first-order chi connectivity index (χ1) is 25.3. The molecular weight excluding hydrogens is 704 g/mol. The highest BCUT2D eigenvalue weighted by Crippen LogP contribution is 2.15. The fraction of sp³-hybridized carbons (Fsp3) is 0.444. The first-order valence-corrected chi connectivity index (χ1v) is 17.2. The molecule has 54 heavy (non-hydrogen) atoms. The van der Waals surface area contributed by atoms with Gasteiger partial charge in [0.05, 0.1) is 19.0 Å². The summed E-state index contributed by atoms with van der Waals surface area (Å²) in [5.74, 6) is -8.23. The average molecular weight is 755 g/mol. The van der Waals surface area contributed by atoms with Gasteiger partial charge in [-0.1, -0.05) is 70.2 Å². The highest BCUT2D eigenvalue weighted by atomic mass is 16.4. The number of aliphatic carboxylic acids is 1. The maximum absolute atomic E-state index is 13.7. The Bertz CT molecular complexity index is 1650. The maximum Gasteiger partial charge on any atom is 0.305 e. The van der Waals surface area contributed by atoms with Crippen LogP contribution in [0.2, 0.25) is 0 Å². The SMILES string of the molecule is CC(C)[C@H](NC(=O)[C@H](CC(=O)O)NC(=O)[C@@H](NC(=O)[C@@H](C)NC(=O)[C@@H](N)Cc1ccc(O)cc1)c1ccccc1)C(=O)N[C@H](C(=O)NCC(N)=O)C(C)C. The minimum absolute atomic E-state index is 0.0409. The highest BCUT2D eigenvalue weighted by molar-refractivity contribution is 5.98. The molecule has 0 radical (unpaired) electrons. The van der Waals surface area contributed by atoms with Crippen molar-refractivity contribution in [2.75, 3.05) is 6.54 Å². The molecule has 18 nitrogen and oxygen atoms in total. The molecule has 2 rings (SSSR count). The van der Waals surface area contributed by atoms with E-state index >= 15 is 0 Å². The third-order valence-electron chi connectivity index (χ3n) is 8.10. The molecule has 0 spiro atoms. The topological polar surface area (TPSA) is 301 Å². The number of primary amides is 1. The molecule has 0 heterocycles. The van der Waals surface area contributed by atoms with E-state index in [-0.39, 0.29) is 17.7 Å². The van der Waals surface area contributed by atoms with Crippen LogP contribution in [-0.2, 0) is 44.8 Å². The fourth-order valence-electron chi connectivity index (χ4n) is 5.07. The van der Waals surface area contributed by atoms with Gasteiger partial charge in [-0.05, 0) is 48.4 Å². The van der Waals surface area contributed by atoms with E-state index in [0.29, 0.717) is 5.56 Å².